The number of amides is 1. The Morgan fingerprint density at radius 3 is 2.86 bits per heavy atom. The van der Waals surface area contributed by atoms with Crippen LogP contribution >= 0.6 is 0 Å². The number of aromatic nitrogens is 1. The van der Waals surface area contributed by atoms with Crippen LogP contribution in [0.5, 0.6) is 0 Å². The van der Waals surface area contributed by atoms with E-state index in [4.69, 9.17) is 4.74 Å². The predicted molar refractivity (Wildman–Crippen MR) is 88.2 cm³/mol. The number of nitrogens with zero attached hydrogens (tertiary/aromatic N) is 1. The molecule has 0 spiro atoms. The second kappa shape index (κ2) is 5.96. The van der Waals surface area contributed by atoms with Crippen LogP contribution in [0.15, 0.2) is 24.3 Å². The molecule has 3 radical (unpaired) electrons. The first kappa shape index (κ1) is 16.0. The Kier molecular flexibility index (Phi) is 4.33. The minimum atomic E-state index is -0.0489. The molecule has 4 nitrogen and oxygen atoms in total. The van der Waals surface area contributed by atoms with Crippen LogP contribution in [0.25, 0.3) is 10.9 Å². The third-order valence-corrected chi connectivity index (χ3v) is 5.14. The first-order valence-corrected chi connectivity index (χ1v) is 9.35. The summed E-state index contributed by atoms with van der Waals surface area (Å²) in [5, 5.41) is 1.12. The van der Waals surface area contributed by atoms with Crippen LogP contribution in [-0.2, 0) is 4.74 Å². The molecule has 1 aromatic carbocycles. The molecule has 0 unspecified atom stereocenters. The monoisotopic (exact) mass is 493 g/mol. The summed E-state index contributed by atoms with van der Waals surface area (Å²) in [6, 6.07) is 8.47. The van der Waals surface area contributed by atoms with Gasteiger partial charge in [-0.3, -0.25) is 0 Å². The third-order valence-electron chi connectivity index (χ3n) is 4.35. The topological polar surface area (TPSA) is 45.3 Å². The number of hydrogen-bond donors (Lipinski definition) is 1. The predicted octanol–water partition coefficient (Wildman–Crippen LogP) is 3.00. The van der Waals surface area contributed by atoms with Gasteiger partial charge in [0.15, 0.2) is 0 Å². The molecule has 5 heteroatoms. The number of hydrogen-bond acceptors (Lipinski definition) is 2. The van der Waals surface area contributed by atoms with Gasteiger partial charge in [0.2, 0.25) is 0 Å². The number of aromatic amines is 1. The number of ether oxygens (including phenoxy) is 1. The van der Waals surface area contributed by atoms with Crippen molar-refractivity contribution in [3.05, 3.63) is 35.5 Å². The molecule has 3 rings (SSSR count). The van der Waals surface area contributed by atoms with Gasteiger partial charge in [0.1, 0.15) is 0 Å². The Bertz CT molecular complexity index is 706. The van der Waals surface area contributed by atoms with E-state index in [0.29, 0.717) is 11.6 Å². The maximum atomic E-state index is 12.1. The molecule has 22 heavy (non-hydrogen) atoms. The average Bonchev–Trinajstić information content (AvgIpc) is 2.88. The number of carbonyl (C=O) groups excluding carboxylic acids is 1. The van der Waals surface area contributed by atoms with E-state index < -0.39 is 0 Å². The van der Waals surface area contributed by atoms with E-state index >= 15 is 0 Å². The van der Waals surface area contributed by atoms with Gasteiger partial charge >= 0.3 is 147 Å². The van der Waals surface area contributed by atoms with Crippen molar-refractivity contribution in [2.45, 2.75) is 38.2 Å². The van der Waals surface area contributed by atoms with Crippen molar-refractivity contribution in [3.8, 4) is 0 Å². The van der Waals surface area contributed by atoms with Gasteiger partial charge in [-0.25, -0.2) is 0 Å². The molecule has 115 valence electrons. The standard InChI is InChI=1S/C17H22N2O2.Pb/c1-17(2)10-12(6-7-21-17)11-4-5-14-13(8-11)9-15(19-14)16(20)18-3;/h4-5,8-9,12H,6-7,10H2,1-3H3,(H2,18,19,20);/q;+1/p-1/t12-;/m0./s1. The van der Waals surface area contributed by atoms with E-state index in [1.807, 2.05) is 13.1 Å². The molecule has 1 aliphatic heterocycles. The number of benzene rings is 1. The number of nitrogens with one attached hydrogen (secondary N) is 1. The van der Waals surface area contributed by atoms with Gasteiger partial charge < -0.3 is 0 Å². The number of rotatable bonds is 2. The van der Waals surface area contributed by atoms with Crippen LogP contribution in [0.1, 0.15) is 48.7 Å². The molecular weight excluding hydrogens is 471 g/mol. The molecule has 0 aliphatic carbocycles. The Hall–Kier alpha value is -0.888. The van der Waals surface area contributed by atoms with Crippen molar-refractivity contribution >= 4 is 42.9 Å². The number of H-pyrrole nitrogens is 1. The zero-order valence-corrected chi connectivity index (χ0v) is 17.2. The second-order valence-corrected chi connectivity index (χ2v) is 9.30. The van der Waals surface area contributed by atoms with E-state index in [0.717, 1.165) is 56.4 Å². The van der Waals surface area contributed by atoms with Gasteiger partial charge in [0.25, 0.3) is 0 Å². The van der Waals surface area contributed by atoms with Crippen LogP contribution in [0.2, 0.25) is 0 Å². The van der Waals surface area contributed by atoms with Crippen molar-refractivity contribution < 1.29 is 9.53 Å². The van der Waals surface area contributed by atoms with Gasteiger partial charge in [0.05, 0.1) is 0 Å². The Morgan fingerprint density at radius 2 is 2.18 bits per heavy atom. The Balaban J connectivity index is 1.91. The first-order valence-electron chi connectivity index (χ1n) is 7.62. The van der Waals surface area contributed by atoms with Crippen LogP contribution in [-0.4, -0.2) is 58.9 Å². The van der Waals surface area contributed by atoms with E-state index in [2.05, 4.69) is 37.0 Å². The second-order valence-electron chi connectivity index (χ2n) is 6.69. The summed E-state index contributed by atoms with van der Waals surface area (Å²) >= 11 is 0.726. The van der Waals surface area contributed by atoms with E-state index in [1.165, 1.54) is 5.56 Å². The molecule has 1 N–H and O–H groups in total. The fraction of sp³-hybridized carbons (Fsp3) is 0.471. The molecule has 1 atom stereocenters. The summed E-state index contributed by atoms with van der Waals surface area (Å²) in [6.45, 7) is 5.13. The van der Waals surface area contributed by atoms with Crippen molar-refractivity contribution in [3.63, 3.8) is 0 Å². The fourth-order valence-corrected chi connectivity index (χ4v) is 3.69. The van der Waals surface area contributed by atoms with E-state index in [1.54, 1.807) is 2.71 Å². The normalized spacial score (nSPS) is 21.0. The molecule has 2 heterocycles. The maximum absolute atomic E-state index is 12.1. The molecule has 1 aliphatic rings. The zero-order chi connectivity index (χ0) is 15.9. The van der Waals surface area contributed by atoms with Gasteiger partial charge in [-0.1, -0.05) is 0 Å². The van der Waals surface area contributed by atoms with Gasteiger partial charge in [-0.05, 0) is 0 Å². The summed E-state index contributed by atoms with van der Waals surface area (Å²) in [4.78, 5) is 15.3. The quantitative estimate of drug-likeness (QED) is 0.656. The van der Waals surface area contributed by atoms with Crippen LogP contribution < -0.4 is 0 Å². The summed E-state index contributed by atoms with van der Waals surface area (Å²) in [6.07, 6.45) is 2.10. The van der Waals surface area contributed by atoms with Gasteiger partial charge in [-0.15, -0.1) is 0 Å². The number of carbonyl (C=O) groups is 1. The van der Waals surface area contributed by atoms with E-state index in [9.17, 15) is 4.79 Å². The zero-order valence-electron chi connectivity index (χ0n) is 13.3. The summed E-state index contributed by atoms with van der Waals surface area (Å²) < 4.78 is 7.54. The summed E-state index contributed by atoms with van der Waals surface area (Å²) in [5.74, 6) is 0.597. The van der Waals surface area contributed by atoms with Crippen molar-refractivity contribution in [1.82, 2.24) is 7.69 Å². The molecule has 1 saturated heterocycles. The molecule has 2 aromatic rings. The first-order chi connectivity index (χ1) is 10.4. The molecule has 0 bridgehead atoms. The Morgan fingerprint density at radius 1 is 1.41 bits per heavy atom. The Labute approximate surface area is 147 Å². The van der Waals surface area contributed by atoms with Crippen molar-refractivity contribution in [1.29, 1.82) is 0 Å². The number of fused-ring (bicyclic) bond motifs is 1. The molecule has 1 fully saturated rings. The van der Waals surface area contributed by atoms with Gasteiger partial charge in [-0.2, -0.15) is 0 Å². The fourth-order valence-electron chi connectivity index (χ4n) is 3.22. The molecule has 1 aromatic heterocycles. The molecular formula is C17H21N2O2Pb. The van der Waals surface area contributed by atoms with Crippen molar-refractivity contribution in [2.75, 3.05) is 13.7 Å². The summed E-state index contributed by atoms with van der Waals surface area (Å²) in [7, 11) is 1.83. The van der Waals surface area contributed by atoms with Crippen LogP contribution in [0, 0.1) is 0 Å². The average molecular weight is 493 g/mol. The molecule has 1 amide bonds. The summed E-state index contributed by atoms with van der Waals surface area (Å²) in [5.41, 5.74) is 3.01. The van der Waals surface area contributed by atoms with E-state index in [-0.39, 0.29) is 11.5 Å². The SMILES string of the molecule is C[N]([Pb])C(=O)c1cc2cc([C@H]3CCOC(C)(C)C3)ccc2[nH]1. The minimum absolute atomic E-state index is 0.0489. The molecule has 0 saturated carbocycles. The van der Waals surface area contributed by atoms with Crippen LogP contribution in [0.4, 0.5) is 0 Å². The van der Waals surface area contributed by atoms with Crippen LogP contribution in [0.3, 0.4) is 0 Å². The third kappa shape index (κ3) is 3.22. The van der Waals surface area contributed by atoms with Gasteiger partial charge in [0, 0.05) is 0 Å². The van der Waals surface area contributed by atoms with Crippen molar-refractivity contribution in [2.24, 2.45) is 0 Å².